The fourth-order valence-electron chi connectivity index (χ4n) is 2.72. The average molecular weight is 349 g/mol. The topological polar surface area (TPSA) is 56.1 Å². The quantitative estimate of drug-likeness (QED) is 0.708. The largest absolute Gasteiger partial charge is 0.484 e. The number of nitrogens with zero attached hydrogens (tertiary/aromatic N) is 2. The minimum Gasteiger partial charge on any atom is -0.484 e. The molecule has 2 aromatic carbocycles. The van der Waals surface area contributed by atoms with E-state index in [1.54, 1.807) is 12.5 Å². The molecule has 0 fully saturated rings. The summed E-state index contributed by atoms with van der Waals surface area (Å²) in [5.41, 5.74) is 3.26. The number of hydrogen-bond acceptors (Lipinski definition) is 3. The fourth-order valence-corrected chi connectivity index (χ4v) is 2.72. The first-order chi connectivity index (χ1) is 12.7. The molecular weight excluding hydrogens is 326 g/mol. The number of hydrogen-bond donors (Lipinski definition) is 1. The van der Waals surface area contributed by atoms with E-state index in [2.05, 4.69) is 17.2 Å². The van der Waals surface area contributed by atoms with Crippen molar-refractivity contribution in [3.05, 3.63) is 78.4 Å². The first-order valence-corrected chi connectivity index (χ1v) is 8.75. The van der Waals surface area contributed by atoms with Crippen LogP contribution in [0.2, 0.25) is 0 Å². The predicted molar refractivity (Wildman–Crippen MR) is 101 cm³/mol. The summed E-state index contributed by atoms with van der Waals surface area (Å²) in [4.78, 5) is 16.2. The molecule has 1 N–H and O–H groups in total. The number of nitrogens with one attached hydrogen (secondary N) is 1. The number of imidazole rings is 1. The van der Waals surface area contributed by atoms with Gasteiger partial charge in [-0.1, -0.05) is 31.2 Å². The van der Waals surface area contributed by atoms with Gasteiger partial charge in [-0.2, -0.15) is 0 Å². The van der Waals surface area contributed by atoms with Crippen LogP contribution in [0, 0.1) is 0 Å². The molecular formula is C21H23N3O2. The van der Waals surface area contributed by atoms with E-state index < -0.39 is 0 Å². The van der Waals surface area contributed by atoms with Gasteiger partial charge in [-0.05, 0) is 48.7 Å². The molecule has 0 radical (unpaired) electrons. The maximum Gasteiger partial charge on any atom is 0.258 e. The Kier molecular flexibility index (Phi) is 5.69. The van der Waals surface area contributed by atoms with Gasteiger partial charge in [0.05, 0.1) is 12.4 Å². The van der Waals surface area contributed by atoms with Crippen molar-refractivity contribution < 1.29 is 9.53 Å². The van der Waals surface area contributed by atoms with Crippen molar-refractivity contribution >= 4 is 5.91 Å². The molecule has 5 heteroatoms. The van der Waals surface area contributed by atoms with Crippen LogP contribution < -0.4 is 10.1 Å². The monoisotopic (exact) mass is 349 g/mol. The molecule has 1 unspecified atom stereocenters. The molecule has 0 aliphatic carbocycles. The predicted octanol–water partition coefficient (Wildman–Crippen LogP) is 3.69. The summed E-state index contributed by atoms with van der Waals surface area (Å²) in [5.74, 6) is 0.579. The molecule has 5 nitrogen and oxygen atoms in total. The standard InChI is InChI=1S/C21H23N3O2/c1-3-17-5-4-6-20(13-17)26-14-21(25)23-16(2)18-7-9-19(10-8-18)24-12-11-22-15-24/h4-13,15-16H,3,14H2,1-2H3,(H,23,25). The van der Waals surface area contributed by atoms with Crippen molar-refractivity contribution in [3.8, 4) is 11.4 Å². The molecule has 0 bridgehead atoms. The summed E-state index contributed by atoms with van der Waals surface area (Å²) in [7, 11) is 0. The van der Waals surface area contributed by atoms with Gasteiger partial charge in [0, 0.05) is 18.1 Å². The van der Waals surface area contributed by atoms with Gasteiger partial charge in [0.15, 0.2) is 6.61 Å². The number of aryl methyl sites for hydroxylation is 1. The van der Waals surface area contributed by atoms with E-state index in [9.17, 15) is 4.79 Å². The third-order valence-corrected chi connectivity index (χ3v) is 4.25. The lowest BCUT2D eigenvalue weighted by molar-refractivity contribution is -0.123. The van der Waals surface area contributed by atoms with Gasteiger partial charge in [-0.15, -0.1) is 0 Å². The highest BCUT2D eigenvalue weighted by atomic mass is 16.5. The van der Waals surface area contributed by atoms with E-state index in [-0.39, 0.29) is 18.6 Å². The third-order valence-electron chi connectivity index (χ3n) is 4.25. The minimum absolute atomic E-state index is 0.00459. The number of ether oxygens (including phenoxy) is 1. The Labute approximate surface area is 153 Å². The fraction of sp³-hybridized carbons (Fsp3) is 0.238. The van der Waals surface area contributed by atoms with Crippen LogP contribution in [0.25, 0.3) is 5.69 Å². The Hall–Kier alpha value is -3.08. The molecule has 1 amide bonds. The zero-order chi connectivity index (χ0) is 18.4. The molecule has 26 heavy (non-hydrogen) atoms. The molecule has 1 aromatic heterocycles. The Morgan fingerprint density at radius 1 is 1.23 bits per heavy atom. The van der Waals surface area contributed by atoms with E-state index >= 15 is 0 Å². The normalized spacial score (nSPS) is 11.8. The highest BCUT2D eigenvalue weighted by Crippen LogP contribution is 2.16. The van der Waals surface area contributed by atoms with Gasteiger partial charge in [0.25, 0.3) is 5.91 Å². The van der Waals surface area contributed by atoms with Crippen LogP contribution in [0.5, 0.6) is 5.75 Å². The highest BCUT2D eigenvalue weighted by Gasteiger charge is 2.10. The van der Waals surface area contributed by atoms with Crippen LogP contribution in [-0.4, -0.2) is 22.1 Å². The number of benzene rings is 2. The summed E-state index contributed by atoms with van der Waals surface area (Å²) >= 11 is 0. The van der Waals surface area contributed by atoms with Crippen molar-refractivity contribution in [2.75, 3.05) is 6.61 Å². The van der Waals surface area contributed by atoms with Gasteiger partial charge in [0.2, 0.25) is 0 Å². The molecule has 0 spiro atoms. The van der Waals surface area contributed by atoms with Crippen LogP contribution in [0.15, 0.2) is 67.3 Å². The van der Waals surface area contributed by atoms with E-state index in [0.29, 0.717) is 0 Å². The first-order valence-electron chi connectivity index (χ1n) is 8.75. The lowest BCUT2D eigenvalue weighted by atomic mass is 10.1. The molecule has 3 rings (SSSR count). The summed E-state index contributed by atoms with van der Waals surface area (Å²) in [6, 6.07) is 15.7. The van der Waals surface area contributed by atoms with Gasteiger partial charge in [-0.3, -0.25) is 4.79 Å². The Balaban J connectivity index is 1.53. The number of carbonyl (C=O) groups is 1. The molecule has 0 saturated heterocycles. The molecule has 0 saturated carbocycles. The molecule has 1 atom stereocenters. The van der Waals surface area contributed by atoms with Crippen molar-refractivity contribution in [2.45, 2.75) is 26.3 Å². The Bertz CT molecular complexity index is 842. The van der Waals surface area contributed by atoms with Gasteiger partial charge in [0.1, 0.15) is 5.75 Å². The summed E-state index contributed by atoms with van der Waals surface area (Å²) in [6.07, 6.45) is 6.33. The molecule has 3 aromatic rings. The second kappa shape index (κ2) is 8.34. The molecule has 0 aliphatic heterocycles. The number of amides is 1. The van der Waals surface area contributed by atoms with Crippen molar-refractivity contribution in [1.82, 2.24) is 14.9 Å². The number of aromatic nitrogens is 2. The van der Waals surface area contributed by atoms with E-state index in [1.807, 2.05) is 66.2 Å². The minimum atomic E-state index is -0.141. The van der Waals surface area contributed by atoms with E-state index in [4.69, 9.17) is 4.74 Å². The number of carbonyl (C=O) groups excluding carboxylic acids is 1. The van der Waals surface area contributed by atoms with Crippen LogP contribution >= 0.6 is 0 Å². The van der Waals surface area contributed by atoms with Crippen molar-refractivity contribution in [1.29, 1.82) is 0 Å². The third kappa shape index (κ3) is 4.51. The second-order valence-corrected chi connectivity index (χ2v) is 6.14. The average Bonchev–Trinajstić information content (AvgIpc) is 3.21. The Morgan fingerprint density at radius 3 is 2.73 bits per heavy atom. The molecule has 134 valence electrons. The lowest BCUT2D eigenvalue weighted by Crippen LogP contribution is -2.31. The van der Waals surface area contributed by atoms with Crippen LogP contribution in [0.1, 0.15) is 31.0 Å². The summed E-state index contributed by atoms with van der Waals surface area (Å²) < 4.78 is 7.53. The summed E-state index contributed by atoms with van der Waals surface area (Å²) in [5, 5.41) is 2.97. The van der Waals surface area contributed by atoms with E-state index in [0.717, 1.165) is 23.4 Å². The van der Waals surface area contributed by atoms with E-state index in [1.165, 1.54) is 5.56 Å². The van der Waals surface area contributed by atoms with Crippen LogP contribution in [-0.2, 0) is 11.2 Å². The SMILES string of the molecule is CCc1cccc(OCC(=O)NC(C)c2ccc(-n3ccnc3)cc2)c1. The zero-order valence-corrected chi connectivity index (χ0v) is 15.1. The smallest absolute Gasteiger partial charge is 0.258 e. The molecule has 1 heterocycles. The first kappa shape index (κ1) is 17.7. The lowest BCUT2D eigenvalue weighted by Gasteiger charge is -2.15. The van der Waals surface area contributed by atoms with Gasteiger partial charge < -0.3 is 14.6 Å². The van der Waals surface area contributed by atoms with Crippen molar-refractivity contribution in [3.63, 3.8) is 0 Å². The summed E-state index contributed by atoms with van der Waals surface area (Å²) in [6.45, 7) is 4.05. The van der Waals surface area contributed by atoms with Crippen LogP contribution in [0.3, 0.4) is 0 Å². The van der Waals surface area contributed by atoms with Gasteiger partial charge >= 0.3 is 0 Å². The van der Waals surface area contributed by atoms with Gasteiger partial charge in [-0.25, -0.2) is 4.98 Å². The second-order valence-electron chi connectivity index (χ2n) is 6.14. The maximum atomic E-state index is 12.2. The Morgan fingerprint density at radius 2 is 2.04 bits per heavy atom. The number of rotatable bonds is 7. The zero-order valence-electron chi connectivity index (χ0n) is 15.1. The van der Waals surface area contributed by atoms with Crippen molar-refractivity contribution in [2.24, 2.45) is 0 Å². The molecule has 0 aliphatic rings. The maximum absolute atomic E-state index is 12.2. The van der Waals surface area contributed by atoms with Crippen LogP contribution in [0.4, 0.5) is 0 Å². The highest BCUT2D eigenvalue weighted by molar-refractivity contribution is 5.78.